The second-order valence-electron chi connectivity index (χ2n) is 6.62. The van der Waals surface area contributed by atoms with E-state index in [1.165, 1.54) is 13.2 Å². The summed E-state index contributed by atoms with van der Waals surface area (Å²) in [5.41, 5.74) is 9.57. The second-order valence-corrected chi connectivity index (χ2v) is 7.47. The highest BCUT2D eigenvalue weighted by molar-refractivity contribution is 6.37. The summed E-state index contributed by atoms with van der Waals surface area (Å²) in [6, 6.07) is 17.5. The number of nitrogens with one attached hydrogen (secondary N) is 1. The Morgan fingerprint density at radius 3 is 2.53 bits per heavy atom. The molecule has 0 amide bonds. The lowest BCUT2D eigenvalue weighted by molar-refractivity contribution is 0.101. The van der Waals surface area contributed by atoms with Gasteiger partial charge in [0.1, 0.15) is 5.58 Å². The average Bonchev–Trinajstić information content (AvgIpc) is 3.08. The molecule has 30 heavy (non-hydrogen) atoms. The molecular weight excluding hydrogens is 423 g/mol. The Bertz CT molecular complexity index is 1310. The van der Waals surface area contributed by atoms with Crippen LogP contribution in [-0.4, -0.2) is 18.8 Å². The molecule has 0 atom stereocenters. The standard InChI is InChI=1S/C23H16Cl2N2O3/c1-29-23(27)14-4-2-3-12(9-14)13-5-7-17-19(10-13)30-22(20(17)26)21(28)16-8-6-15(24)11-18(16)25/h2-11,27H,26H2,1H3. The molecule has 0 bridgehead atoms. The van der Waals surface area contributed by atoms with Gasteiger partial charge in [-0.15, -0.1) is 0 Å². The molecule has 150 valence electrons. The molecule has 0 aliphatic heterocycles. The molecule has 0 saturated carbocycles. The maximum atomic E-state index is 12.9. The van der Waals surface area contributed by atoms with Gasteiger partial charge in [0.2, 0.25) is 11.7 Å². The molecule has 0 unspecified atom stereocenters. The van der Waals surface area contributed by atoms with Crippen LogP contribution < -0.4 is 5.73 Å². The van der Waals surface area contributed by atoms with Crippen LogP contribution in [0.4, 0.5) is 5.69 Å². The van der Waals surface area contributed by atoms with E-state index < -0.39 is 5.78 Å². The monoisotopic (exact) mass is 438 g/mol. The quantitative estimate of drug-likeness (QED) is 0.225. The molecular formula is C23H16Cl2N2O3. The van der Waals surface area contributed by atoms with Crippen LogP contribution in [0.5, 0.6) is 0 Å². The zero-order valence-electron chi connectivity index (χ0n) is 15.8. The summed E-state index contributed by atoms with van der Waals surface area (Å²) < 4.78 is 10.8. The number of anilines is 1. The highest BCUT2D eigenvalue weighted by Gasteiger charge is 2.22. The molecule has 0 saturated heterocycles. The number of ether oxygens (including phenoxy) is 1. The van der Waals surface area contributed by atoms with Crippen molar-refractivity contribution >= 4 is 51.5 Å². The molecule has 1 aromatic heterocycles. The summed E-state index contributed by atoms with van der Waals surface area (Å²) in [6.07, 6.45) is 0. The topological polar surface area (TPSA) is 89.3 Å². The van der Waals surface area contributed by atoms with Gasteiger partial charge in [-0.25, -0.2) is 0 Å². The lowest BCUT2D eigenvalue weighted by atomic mass is 10.0. The van der Waals surface area contributed by atoms with Gasteiger partial charge in [-0.2, -0.15) is 0 Å². The van der Waals surface area contributed by atoms with Gasteiger partial charge in [0, 0.05) is 21.5 Å². The first kappa shape index (κ1) is 20.0. The number of ketones is 1. The number of methoxy groups -OCH3 is 1. The van der Waals surface area contributed by atoms with E-state index in [-0.39, 0.29) is 27.9 Å². The number of halogens is 2. The molecule has 3 N–H and O–H groups in total. The number of benzene rings is 3. The predicted molar refractivity (Wildman–Crippen MR) is 120 cm³/mol. The first-order chi connectivity index (χ1) is 14.4. The highest BCUT2D eigenvalue weighted by Crippen LogP contribution is 2.34. The van der Waals surface area contributed by atoms with Crippen LogP contribution in [0.3, 0.4) is 0 Å². The fourth-order valence-electron chi connectivity index (χ4n) is 3.22. The van der Waals surface area contributed by atoms with Gasteiger partial charge in [-0.3, -0.25) is 10.2 Å². The van der Waals surface area contributed by atoms with Crippen LogP contribution in [0.25, 0.3) is 22.1 Å². The summed E-state index contributed by atoms with van der Waals surface area (Å²) in [5, 5.41) is 9.14. The number of carbonyl (C=O) groups is 1. The minimum atomic E-state index is -0.414. The van der Waals surface area contributed by atoms with Crippen molar-refractivity contribution in [3.05, 3.63) is 87.6 Å². The minimum absolute atomic E-state index is 0.0290. The maximum absolute atomic E-state index is 12.9. The molecule has 0 aliphatic rings. The number of hydrogen-bond acceptors (Lipinski definition) is 5. The van der Waals surface area contributed by atoms with E-state index >= 15 is 0 Å². The van der Waals surface area contributed by atoms with E-state index in [1.807, 2.05) is 30.3 Å². The summed E-state index contributed by atoms with van der Waals surface area (Å²) in [4.78, 5) is 12.9. The van der Waals surface area contributed by atoms with E-state index in [1.54, 1.807) is 24.3 Å². The lowest BCUT2D eigenvalue weighted by Crippen LogP contribution is -2.03. The Hall–Kier alpha value is -3.28. The molecule has 4 aromatic rings. The predicted octanol–water partition coefficient (Wildman–Crippen LogP) is 6.19. The number of fused-ring (bicyclic) bond motifs is 1. The number of furan rings is 1. The molecule has 7 heteroatoms. The fourth-order valence-corrected chi connectivity index (χ4v) is 3.71. The Labute approximate surface area is 182 Å². The number of hydrogen-bond donors (Lipinski definition) is 2. The Kier molecular flexibility index (Phi) is 5.24. The number of nitrogens with two attached hydrogens (primary N) is 1. The molecule has 1 heterocycles. The van der Waals surface area contributed by atoms with Gasteiger partial charge in [0.25, 0.3) is 0 Å². The van der Waals surface area contributed by atoms with Crippen molar-refractivity contribution in [2.45, 2.75) is 0 Å². The fraction of sp³-hybridized carbons (Fsp3) is 0.0435. The number of rotatable bonds is 4. The maximum Gasteiger partial charge on any atom is 0.231 e. The van der Waals surface area contributed by atoms with E-state index in [9.17, 15) is 4.79 Å². The van der Waals surface area contributed by atoms with Crippen molar-refractivity contribution in [3.8, 4) is 11.1 Å². The van der Waals surface area contributed by atoms with E-state index in [4.69, 9.17) is 43.5 Å². The zero-order valence-corrected chi connectivity index (χ0v) is 17.3. The zero-order chi connectivity index (χ0) is 21.4. The normalized spacial score (nSPS) is 10.9. The second kappa shape index (κ2) is 7.86. The first-order valence-corrected chi connectivity index (χ1v) is 9.69. The van der Waals surface area contributed by atoms with Crippen LogP contribution in [-0.2, 0) is 4.74 Å². The van der Waals surface area contributed by atoms with Crippen molar-refractivity contribution in [2.75, 3.05) is 12.8 Å². The summed E-state index contributed by atoms with van der Waals surface area (Å²) >= 11 is 12.1. The Balaban J connectivity index is 1.77. The van der Waals surface area contributed by atoms with Crippen molar-refractivity contribution < 1.29 is 13.9 Å². The Morgan fingerprint density at radius 1 is 1.03 bits per heavy atom. The van der Waals surface area contributed by atoms with Gasteiger partial charge in [-0.05, 0) is 53.6 Å². The van der Waals surface area contributed by atoms with Crippen molar-refractivity contribution in [3.63, 3.8) is 0 Å². The molecule has 4 rings (SSSR count). The van der Waals surface area contributed by atoms with Crippen molar-refractivity contribution in [2.24, 2.45) is 0 Å². The third-order valence-electron chi connectivity index (χ3n) is 4.77. The van der Waals surface area contributed by atoms with Gasteiger partial charge in [-0.1, -0.05) is 41.4 Å². The summed E-state index contributed by atoms with van der Waals surface area (Å²) in [7, 11) is 1.46. The van der Waals surface area contributed by atoms with Crippen LogP contribution >= 0.6 is 23.2 Å². The third-order valence-corrected chi connectivity index (χ3v) is 5.32. The van der Waals surface area contributed by atoms with Crippen LogP contribution in [0.2, 0.25) is 10.0 Å². The Morgan fingerprint density at radius 2 is 1.80 bits per heavy atom. The van der Waals surface area contributed by atoms with Gasteiger partial charge in [0.15, 0.2) is 5.76 Å². The molecule has 0 fully saturated rings. The van der Waals surface area contributed by atoms with E-state index in [0.717, 1.165) is 11.1 Å². The molecule has 0 radical (unpaired) electrons. The molecule has 5 nitrogen and oxygen atoms in total. The van der Waals surface area contributed by atoms with E-state index in [2.05, 4.69) is 0 Å². The average molecular weight is 439 g/mol. The molecule has 0 aliphatic carbocycles. The largest absolute Gasteiger partial charge is 0.481 e. The summed E-state index contributed by atoms with van der Waals surface area (Å²) in [6.45, 7) is 0. The summed E-state index contributed by atoms with van der Waals surface area (Å²) in [5.74, 6) is -0.309. The van der Waals surface area contributed by atoms with Crippen molar-refractivity contribution in [1.29, 1.82) is 5.41 Å². The molecule has 0 spiro atoms. The number of nitrogen functional groups attached to an aromatic ring is 1. The highest BCUT2D eigenvalue weighted by atomic mass is 35.5. The van der Waals surface area contributed by atoms with Crippen LogP contribution in [0.15, 0.2) is 65.1 Å². The number of carbonyl (C=O) groups excluding carboxylic acids is 1. The van der Waals surface area contributed by atoms with Crippen LogP contribution in [0.1, 0.15) is 21.7 Å². The molecule has 3 aromatic carbocycles. The first-order valence-electron chi connectivity index (χ1n) is 8.94. The third kappa shape index (κ3) is 3.54. The smallest absolute Gasteiger partial charge is 0.231 e. The van der Waals surface area contributed by atoms with Gasteiger partial charge < -0.3 is 14.9 Å². The van der Waals surface area contributed by atoms with Crippen molar-refractivity contribution in [1.82, 2.24) is 0 Å². The van der Waals surface area contributed by atoms with Gasteiger partial charge >= 0.3 is 0 Å². The SMILES string of the molecule is COC(=N)c1cccc(-c2ccc3c(N)c(C(=O)c4ccc(Cl)cc4Cl)oc3c2)c1. The van der Waals surface area contributed by atoms with E-state index in [0.29, 0.717) is 21.6 Å². The van der Waals surface area contributed by atoms with Gasteiger partial charge in [0.05, 0.1) is 17.8 Å². The lowest BCUT2D eigenvalue weighted by Gasteiger charge is -2.06. The van der Waals surface area contributed by atoms with Crippen LogP contribution in [0, 0.1) is 5.41 Å². The minimum Gasteiger partial charge on any atom is -0.481 e.